The van der Waals surface area contributed by atoms with Crippen molar-refractivity contribution in [3.8, 4) is 5.75 Å². The molecule has 1 N–H and O–H groups in total. The highest BCUT2D eigenvalue weighted by atomic mass is 79.9. The Morgan fingerprint density at radius 3 is 2.75 bits per heavy atom. The van der Waals surface area contributed by atoms with Gasteiger partial charge < -0.3 is 10.1 Å². The van der Waals surface area contributed by atoms with Crippen molar-refractivity contribution in [3.63, 3.8) is 0 Å². The smallest absolute Gasteiger partial charge is 0.257 e. The van der Waals surface area contributed by atoms with Gasteiger partial charge in [0.25, 0.3) is 5.91 Å². The molecule has 0 saturated heterocycles. The molecule has 2 aromatic carbocycles. The zero-order chi connectivity index (χ0) is 14.7. The van der Waals surface area contributed by atoms with Crippen molar-refractivity contribution in [1.29, 1.82) is 0 Å². The van der Waals surface area contributed by atoms with Gasteiger partial charge in [-0.25, -0.2) is 4.39 Å². The number of benzene rings is 2. The monoisotopic (exact) mass is 357 g/mol. The number of anilines is 1. The van der Waals surface area contributed by atoms with Crippen molar-refractivity contribution in [3.05, 3.63) is 57.3 Å². The Bertz CT molecular complexity index is 664. The second-order valence-corrected chi connectivity index (χ2v) is 5.14. The van der Waals surface area contributed by atoms with Gasteiger partial charge >= 0.3 is 0 Å². The molecule has 6 heteroatoms. The minimum absolute atomic E-state index is 0.114. The summed E-state index contributed by atoms with van der Waals surface area (Å²) in [6.07, 6.45) is 0. The number of halogens is 3. The molecule has 0 aliphatic heterocycles. The van der Waals surface area contributed by atoms with Gasteiger partial charge in [-0.05, 0) is 40.2 Å². The van der Waals surface area contributed by atoms with Crippen LogP contribution in [0.1, 0.15) is 10.4 Å². The Morgan fingerprint density at radius 2 is 2.10 bits per heavy atom. The average Bonchev–Trinajstić information content (AvgIpc) is 2.42. The number of hydrogen-bond donors (Lipinski definition) is 1. The predicted octanol–water partition coefficient (Wildman–Crippen LogP) is 4.50. The molecule has 3 nitrogen and oxygen atoms in total. The van der Waals surface area contributed by atoms with Crippen LogP contribution in [0.3, 0.4) is 0 Å². The Hall–Kier alpha value is -1.59. The fraction of sp³-hybridized carbons (Fsp3) is 0.0714. The normalized spacial score (nSPS) is 10.2. The zero-order valence-corrected chi connectivity index (χ0v) is 12.8. The van der Waals surface area contributed by atoms with Crippen molar-refractivity contribution in [2.45, 2.75) is 0 Å². The van der Waals surface area contributed by atoms with Gasteiger partial charge in [0.2, 0.25) is 0 Å². The number of nitrogens with one attached hydrogen (secondary N) is 1. The maximum atomic E-state index is 13.5. The largest absolute Gasteiger partial charge is 0.494 e. The molecule has 1 amide bonds. The molecule has 0 aromatic heterocycles. The first-order valence-electron chi connectivity index (χ1n) is 5.62. The molecule has 104 valence electrons. The number of carbonyl (C=O) groups is 1. The van der Waals surface area contributed by atoms with Crippen LogP contribution in [0.15, 0.2) is 40.9 Å². The van der Waals surface area contributed by atoms with E-state index in [2.05, 4.69) is 21.2 Å². The fourth-order valence-electron chi connectivity index (χ4n) is 1.62. The Balaban J connectivity index is 2.24. The van der Waals surface area contributed by atoms with Crippen LogP contribution in [-0.2, 0) is 0 Å². The van der Waals surface area contributed by atoms with Crippen molar-refractivity contribution in [1.82, 2.24) is 0 Å². The van der Waals surface area contributed by atoms with Crippen molar-refractivity contribution < 1.29 is 13.9 Å². The maximum Gasteiger partial charge on any atom is 0.257 e. The highest BCUT2D eigenvalue weighted by Gasteiger charge is 2.13. The lowest BCUT2D eigenvalue weighted by Gasteiger charge is -2.09. The van der Waals surface area contributed by atoms with Crippen LogP contribution in [0.2, 0.25) is 5.02 Å². The standard InChI is InChI=1S/C14H10BrClFNO2/c1-20-12-6-5-8(7-11(12)17)18-14(19)9-3-2-4-10(15)13(9)16/h2-7H,1H3,(H,18,19). The average molecular weight is 359 g/mol. The van der Waals surface area contributed by atoms with E-state index < -0.39 is 11.7 Å². The summed E-state index contributed by atoms with van der Waals surface area (Å²) in [6.45, 7) is 0. The fourth-order valence-corrected chi connectivity index (χ4v) is 2.20. The summed E-state index contributed by atoms with van der Waals surface area (Å²) < 4.78 is 19.0. The van der Waals surface area contributed by atoms with Gasteiger partial charge in [-0.3, -0.25) is 4.79 Å². The van der Waals surface area contributed by atoms with Crippen LogP contribution in [0.4, 0.5) is 10.1 Å². The van der Waals surface area contributed by atoms with E-state index in [-0.39, 0.29) is 5.75 Å². The summed E-state index contributed by atoms with van der Waals surface area (Å²) in [5.41, 5.74) is 0.626. The zero-order valence-electron chi connectivity index (χ0n) is 10.4. The minimum Gasteiger partial charge on any atom is -0.494 e. The third kappa shape index (κ3) is 3.11. The van der Waals surface area contributed by atoms with E-state index in [4.69, 9.17) is 16.3 Å². The van der Waals surface area contributed by atoms with E-state index in [9.17, 15) is 9.18 Å². The van der Waals surface area contributed by atoms with E-state index in [1.807, 2.05) is 0 Å². The molecule has 20 heavy (non-hydrogen) atoms. The summed E-state index contributed by atoms with van der Waals surface area (Å²) in [5.74, 6) is -0.852. The molecule has 2 rings (SSSR count). The molecule has 0 atom stereocenters. The quantitative estimate of drug-likeness (QED) is 0.877. The van der Waals surface area contributed by atoms with Gasteiger partial charge in [0.1, 0.15) is 0 Å². The second kappa shape index (κ2) is 6.24. The third-order valence-electron chi connectivity index (χ3n) is 2.61. The minimum atomic E-state index is -0.550. The van der Waals surface area contributed by atoms with Crippen LogP contribution in [-0.4, -0.2) is 13.0 Å². The first-order valence-corrected chi connectivity index (χ1v) is 6.79. The number of amides is 1. The molecular weight excluding hydrogens is 349 g/mol. The van der Waals surface area contributed by atoms with Gasteiger partial charge in [-0.2, -0.15) is 0 Å². The van der Waals surface area contributed by atoms with Crippen molar-refractivity contribution in [2.24, 2.45) is 0 Å². The molecule has 0 fully saturated rings. The van der Waals surface area contributed by atoms with Crippen LogP contribution < -0.4 is 10.1 Å². The number of carbonyl (C=O) groups excluding carboxylic acids is 1. The Morgan fingerprint density at radius 1 is 1.35 bits per heavy atom. The number of hydrogen-bond acceptors (Lipinski definition) is 2. The summed E-state index contributed by atoms with van der Waals surface area (Å²) >= 11 is 9.27. The molecule has 0 unspecified atom stereocenters. The molecule has 0 saturated carbocycles. The van der Waals surface area contributed by atoms with E-state index in [0.717, 1.165) is 0 Å². The van der Waals surface area contributed by atoms with Gasteiger partial charge in [-0.15, -0.1) is 0 Å². The topological polar surface area (TPSA) is 38.3 Å². The van der Waals surface area contributed by atoms with Gasteiger partial charge in [-0.1, -0.05) is 17.7 Å². The lowest BCUT2D eigenvalue weighted by molar-refractivity contribution is 0.102. The molecule has 0 aliphatic carbocycles. The molecule has 0 heterocycles. The van der Waals surface area contributed by atoms with Crippen LogP contribution in [0.5, 0.6) is 5.75 Å². The lowest BCUT2D eigenvalue weighted by atomic mass is 10.2. The van der Waals surface area contributed by atoms with E-state index in [0.29, 0.717) is 20.7 Å². The first-order chi connectivity index (χ1) is 9.52. The summed E-state index contributed by atoms with van der Waals surface area (Å²) in [4.78, 5) is 12.1. The van der Waals surface area contributed by atoms with Gasteiger partial charge in [0.15, 0.2) is 11.6 Å². The van der Waals surface area contributed by atoms with Gasteiger partial charge in [0, 0.05) is 16.2 Å². The highest BCUT2D eigenvalue weighted by molar-refractivity contribution is 9.10. The van der Waals surface area contributed by atoms with Crippen molar-refractivity contribution >= 4 is 39.1 Å². The molecule has 0 radical (unpaired) electrons. The van der Waals surface area contributed by atoms with E-state index in [1.54, 1.807) is 24.3 Å². The second-order valence-electron chi connectivity index (χ2n) is 3.90. The van der Waals surface area contributed by atoms with E-state index in [1.165, 1.54) is 19.2 Å². The molecular formula is C14H10BrClFNO2. The van der Waals surface area contributed by atoms with Crippen LogP contribution in [0.25, 0.3) is 0 Å². The Labute approximate surface area is 128 Å². The predicted molar refractivity (Wildman–Crippen MR) is 80.1 cm³/mol. The van der Waals surface area contributed by atoms with Crippen LogP contribution >= 0.6 is 27.5 Å². The number of ether oxygens (including phenoxy) is 1. The summed E-state index contributed by atoms with van der Waals surface area (Å²) in [7, 11) is 1.37. The maximum absolute atomic E-state index is 13.5. The van der Waals surface area contributed by atoms with Crippen molar-refractivity contribution in [2.75, 3.05) is 12.4 Å². The molecule has 2 aromatic rings. The lowest BCUT2D eigenvalue weighted by Crippen LogP contribution is -2.12. The number of rotatable bonds is 3. The molecule has 0 aliphatic rings. The SMILES string of the molecule is COc1ccc(NC(=O)c2cccc(Br)c2Cl)cc1F. The number of methoxy groups -OCH3 is 1. The third-order valence-corrected chi connectivity index (χ3v) is 3.90. The molecule has 0 bridgehead atoms. The molecule has 0 spiro atoms. The summed E-state index contributed by atoms with van der Waals surface area (Å²) in [5, 5.41) is 2.88. The van der Waals surface area contributed by atoms with Crippen LogP contribution in [0, 0.1) is 5.82 Å². The Kier molecular flexibility index (Phi) is 4.62. The van der Waals surface area contributed by atoms with E-state index >= 15 is 0 Å². The summed E-state index contributed by atoms with van der Waals surface area (Å²) in [6, 6.07) is 9.18. The first kappa shape index (κ1) is 14.8. The van der Waals surface area contributed by atoms with Gasteiger partial charge in [0.05, 0.1) is 17.7 Å². The highest BCUT2D eigenvalue weighted by Crippen LogP contribution is 2.27.